The zero-order valence-electron chi connectivity index (χ0n) is 14.8. The fraction of sp³-hybridized carbons (Fsp3) is 0.333. The van der Waals surface area contributed by atoms with Crippen LogP contribution in [0, 0.1) is 10.1 Å². The van der Waals surface area contributed by atoms with Crippen molar-refractivity contribution >= 4 is 27.3 Å². The van der Waals surface area contributed by atoms with E-state index in [0.717, 1.165) is 5.56 Å². The molecule has 0 saturated carbocycles. The van der Waals surface area contributed by atoms with Gasteiger partial charge in [0, 0.05) is 23.7 Å². The third kappa shape index (κ3) is 5.09. The number of anilines is 1. The highest BCUT2D eigenvalue weighted by atomic mass is 79.9. The van der Waals surface area contributed by atoms with Crippen LogP contribution in [0.4, 0.5) is 11.4 Å². The number of hydrogen-bond acceptors (Lipinski definition) is 6. The van der Waals surface area contributed by atoms with Crippen molar-refractivity contribution in [2.75, 3.05) is 32.8 Å². The van der Waals surface area contributed by atoms with Gasteiger partial charge in [0.25, 0.3) is 5.69 Å². The topological polar surface area (TPSA) is 82.9 Å². The highest BCUT2D eigenvalue weighted by molar-refractivity contribution is 9.10. The lowest BCUT2D eigenvalue weighted by atomic mass is 10.1. The van der Waals surface area contributed by atoms with E-state index < -0.39 is 4.92 Å². The summed E-state index contributed by atoms with van der Waals surface area (Å²) in [5, 5.41) is 14.4. The molecule has 0 bridgehead atoms. The summed E-state index contributed by atoms with van der Waals surface area (Å²) in [5.74, 6) is 1.22. The smallest absolute Gasteiger partial charge is 0.293 e. The van der Waals surface area contributed by atoms with Gasteiger partial charge in [0.1, 0.15) is 12.3 Å². The predicted molar refractivity (Wildman–Crippen MR) is 103 cm³/mol. The first-order valence-electron chi connectivity index (χ1n) is 7.96. The Labute approximate surface area is 160 Å². The summed E-state index contributed by atoms with van der Waals surface area (Å²) in [4.78, 5) is 10.9. The van der Waals surface area contributed by atoms with E-state index in [9.17, 15) is 10.1 Å². The van der Waals surface area contributed by atoms with Gasteiger partial charge in [-0.3, -0.25) is 10.1 Å². The second-order valence-corrected chi connectivity index (χ2v) is 6.45. The van der Waals surface area contributed by atoms with Gasteiger partial charge in [-0.25, -0.2) is 0 Å². The van der Waals surface area contributed by atoms with E-state index in [2.05, 4.69) is 21.2 Å². The lowest BCUT2D eigenvalue weighted by Crippen LogP contribution is -2.09. The number of nitro groups is 1. The van der Waals surface area contributed by atoms with E-state index >= 15 is 0 Å². The van der Waals surface area contributed by atoms with Gasteiger partial charge in [-0.1, -0.05) is 22.0 Å². The summed E-state index contributed by atoms with van der Waals surface area (Å²) in [6, 6.07) is 10.3. The van der Waals surface area contributed by atoms with Crippen molar-refractivity contribution in [2.45, 2.75) is 13.0 Å². The molecule has 0 heterocycles. The maximum absolute atomic E-state index is 11.3. The maximum atomic E-state index is 11.3. The van der Waals surface area contributed by atoms with Gasteiger partial charge in [0.2, 0.25) is 0 Å². The van der Waals surface area contributed by atoms with Crippen LogP contribution < -0.4 is 14.8 Å². The Bertz CT molecular complexity index is 769. The predicted octanol–water partition coefficient (Wildman–Crippen LogP) is 4.56. The number of hydrogen-bond donors (Lipinski definition) is 1. The zero-order valence-corrected chi connectivity index (χ0v) is 16.4. The number of benzene rings is 2. The molecule has 8 heteroatoms. The van der Waals surface area contributed by atoms with Gasteiger partial charge in [-0.05, 0) is 36.8 Å². The van der Waals surface area contributed by atoms with Crippen molar-refractivity contribution in [3.05, 3.63) is 56.5 Å². The molecule has 0 saturated heterocycles. The van der Waals surface area contributed by atoms with Gasteiger partial charge < -0.3 is 19.5 Å². The molecule has 1 atom stereocenters. The average molecular weight is 425 g/mol. The van der Waals surface area contributed by atoms with Crippen LogP contribution in [0.15, 0.2) is 40.9 Å². The maximum Gasteiger partial charge on any atom is 0.293 e. The molecule has 2 aromatic carbocycles. The van der Waals surface area contributed by atoms with E-state index in [4.69, 9.17) is 14.2 Å². The number of methoxy groups -OCH3 is 2. The van der Waals surface area contributed by atoms with Crippen LogP contribution in [0.5, 0.6) is 11.5 Å². The Morgan fingerprint density at radius 3 is 2.58 bits per heavy atom. The van der Waals surface area contributed by atoms with Gasteiger partial charge in [0.15, 0.2) is 11.5 Å². The highest BCUT2D eigenvalue weighted by Crippen LogP contribution is 2.34. The molecule has 2 aromatic rings. The number of nitro benzene ring substituents is 1. The Hall–Kier alpha value is -2.32. The van der Waals surface area contributed by atoms with Crippen LogP contribution in [-0.2, 0) is 4.74 Å². The van der Waals surface area contributed by atoms with Crippen molar-refractivity contribution < 1.29 is 19.1 Å². The van der Waals surface area contributed by atoms with E-state index in [1.54, 1.807) is 26.4 Å². The molecule has 0 aliphatic carbocycles. The van der Waals surface area contributed by atoms with Crippen LogP contribution in [0.2, 0.25) is 0 Å². The Kier molecular flexibility index (Phi) is 7.23. The lowest BCUT2D eigenvalue weighted by molar-refractivity contribution is -0.384. The van der Waals surface area contributed by atoms with Crippen LogP contribution in [-0.4, -0.2) is 32.4 Å². The Balaban J connectivity index is 2.19. The van der Waals surface area contributed by atoms with Crippen molar-refractivity contribution in [3.63, 3.8) is 0 Å². The molecule has 1 unspecified atom stereocenters. The van der Waals surface area contributed by atoms with Crippen LogP contribution in [0.3, 0.4) is 0 Å². The lowest BCUT2D eigenvalue weighted by Gasteiger charge is -2.18. The first-order chi connectivity index (χ1) is 12.5. The van der Waals surface area contributed by atoms with Crippen molar-refractivity contribution in [1.82, 2.24) is 0 Å². The fourth-order valence-electron chi connectivity index (χ4n) is 2.40. The first kappa shape index (κ1) is 20.0. The number of nitrogens with zero attached hydrogens (tertiary/aromatic N) is 1. The molecule has 0 aliphatic heterocycles. The van der Waals surface area contributed by atoms with Gasteiger partial charge >= 0.3 is 0 Å². The van der Waals surface area contributed by atoms with E-state index in [-0.39, 0.29) is 11.7 Å². The van der Waals surface area contributed by atoms with Crippen molar-refractivity contribution in [3.8, 4) is 11.5 Å². The number of halogens is 1. The molecule has 26 heavy (non-hydrogen) atoms. The quantitative estimate of drug-likeness (QED) is 0.360. The number of nitrogens with one attached hydrogen (secondary N) is 1. The second-order valence-electron chi connectivity index (χ2n) is 5.54. The standard InChI is InChI=1S/C18H21BrN2O5/c1-12(20-15-6-5-14(19)11-16(15)21(22)23)13-4-7-17(18(10-13)25-3)26-9-8-24-2/h4-7,10-12,20H,8-9H2,1-3H3. The fourth-order valence-corrected chi connectivity index (χ4v) is 2.75. The SMILES string of the molecule is COCCOc1ccc(C(C)Nc2ccc(Br)cc2[N+](=O)[O-])cc1OC. The first-order valence-corrected chi connectivity index (χ1v) is 8.75. The molecule has 2 rings (SSSR count). The molecule has 7 nitrogen and oxygen atoms in total. The highest BCUT2D eigenvalue weighted by Gasteiger charge is 2.17. The minimum absolute atomic E-state index is 0.0118. The van der Waals surface area contributed by atoms with Gasteiger partial charge in [-0.15, -0.1) is 0 Å². The average Bonchev–Trinajstić information content (AvgIpc) is 2.63. The third-order valence-electron chi connectivity index (χ3n) is 3.76. The summed E-state index contributed by atoms with van der Waals surface area (Å²) in [6.07, 6.45) is 0. The molecule has 0 aliphatic rings. The molecule has 0 aromatic heterocycles. The summed E-state index contributed by atoms with van der Waals surface area (Å²) < 4.78 is 16.6. The van der Waals surface area contributed by atoms with Crippen LogP contribution >= 0.6 is 15.9 Å². The van der Waals surface area contributed by atoms with Crippen molar-refractivity contribution in [1.29, 1.82) is 0 Å². The van der Waals surface area contributed by atoms with Gasteiger partial charge in [0.05, 0.1) is 18.6 Å². The summed E-state index contributed by atoms with van der Waals surface area (Å²) in [5.41, 5.74) is 1.38. The number of rotatable bonds is 9. The van der Waals surface area contributed by atoms with Crippen LogP contribution in [0.1, 0.15) is 18.5 Å². The minimum atomic E-state index is -0.410. The van der Waals surface area contributed by atoms with E-state index in [1.807, 2.05) is 25.1 Å². The van der Waals surface area contributed by atoms with Crippen molar-refractivity contribution in [2.24, 2.45) is 0 Å². The monoisotopic (exact) mass is 424 g/mol. The van der Waals surface area contributed by atoms with E-state index in [0.29, 0.717) is 34.9 Å². The Morgan fingerprint density at radius 1 is 1.15 bits per heavy atom. The van der Waals surface area contributed by atoms with Crippen LogP contribution in [0.25, 0.3) is 0 Å². The van der Waals surface area contributed by atoms with Gasteiger partial charge in [-0.2, -0.15) is 0 Å². The summed E-state index contributed by atoms with van der Waals surface area (Å²) >= 11 is 3.26. The normalized spacial score (nSPS) is 11.7. The molecule has 0 spiro atoms. The number of ether oxygens (including phenoxy) is 3. The molecular formula is C18H21BrN2O5. The summed E-state index contributed by atoms with van der Waals surface area (Å²) in [7, 11) is 3.18. The molecular weight excluding hydrogens is 404 g/mol. The third-order valence-corrected chi connectivity index (χ3v) is 4.25. The molecule has 0 radical (unpaired) electrons. The summed E-state index contributed by atoms with van der Waals surface area (Å²) in [6.45, 7) is 2.83. The largest absolute Gasteiger partial charge is 0.493 e. The molecule has 140 valence electrons. The molecule has 1 N–H and O–H groups in total. The Morgan fingerprint density at radius 2 is 1.92 bits per heavy atom. The molecule has 0 amide bonds. The minimum Gasteiger partial charge on any atom is -0.493 e. The zero-order chi connectivity index (χ0) is 19.1. The molecule has 0 fully saturated rings. The van der Waals surface area contributed by atoms with E-state index in [1.165, 1.54) is 6.07 Å². The second kappa shape index (κ2) is 9.40.